The van der Waals surface area contributed by atoms with E-state index in [4.69, 9.17) is 0 Å². The van der Waals surface area contributed by atoms with Gasteiger partial charge in [0.15, 0.2) is 0 Å². The topological polar surface area (TPSA) is 46.5 Å². The second-order valence-electron chi connectivity index (χ2n) is 8.34. The third kappa shape index (κ3) is 6.18. The Bertz CT molecular complexity index is 1400. The van der Waals surface area contributed by atoms with Crippen LogP contribution in [0, 0.1) is 6.92 Å². The number of aryl methyl sites for hydroxylation is 1. The molecule has 4 aromatic carbocycles. The molecule has 0 fully saturated rings. The molecular formula is C30H27NO2S2. The minimum Gasteiger partial charge on any atom is -0.199 e. The summed E-state index contributed by atoms with van der Waals surface area (Å²) in [5, 5.41) is 0. The summed E-state index contributed by atoms with van der Waals surface area (Å²) in [7, 11) is -3.88. The Morgan fingerprint density at radius 2 is 1.37 bits per heavy atom. The first-order chi connectivity index (χ1) is 16.9. The molecule has 1 unspecified atom stereocenters. The lowest BCUT2D eigenvalue weighted by Crippen LogP contribution is -2.25. The van der Waals surface area contributed by atoms with E-state index in [1.807, 2.05) is 97.9 Å². The van der Waals surface area contributed by atoms with Gasteiger partial charge in [0.05, 0.1) is 9.64 Å². The molecule has 0 spiro atoms. The molecule has 3 nitrogen and oxygen atoms in total. The Hall–Kier alpha value is -3.41. The lowest BCUT2D eigenvalue weighted by molar-refractivity contribution is 0.598. The first kappa shape index (κ1) is 24.7. The Labute approximate surface area is 212 Å². The summed E-state index contributed by atoms with van der Waals surface area (Å²) in [5.41, 5.74) is 3.85. The molecule has 0 bridgehead atoms. The van der Waals surface area contributed by atoms with Crippen LogP contribution in [0.15, 0.2) is 136 Å². The third-order valence-corrected chi connectivity index (χ3v) is 8.29. The molecule has 0 aliphatic carbocycles. The van der Waals surface area contributed by atoms with Gasteiger partial charge in [0.1, 0.15) is 0 Å². The maximum Gasteiger partial charge on any atom is 0.282 e. The molecule has 4 rings (SSSR count). The number of benzene rings is 4. The molecule has 0 heterocycles. The monoisotopic (exact) mass is 497 g/mol. The third-order valence-electron chi connectivity index (χ3n) is 5.68. The van der Waals surface area contributed by atoms with Gasteiger partial charge in [-0.3, -0.25) is 0 Å². The van der Waals surface area contributed by atoms with Gasteiger partial charge in [-0.25, -0.2) is 0 Å². The summed E-state index contributed by atoms with van der Waals surface area (Å²) in [5.74, 6) is 0. The van der Waals surface area contributed by atoms with Crippen LogP contribution in [0.1, 0.15) is 23.1 Å². The van der Waals surface area contributed by atoms with E-state index in [1.165, 1.54) is 0 Å². The summed E-state index contributed by atoms with van der Waals surface area (Å²) >= 11 is 1.58. The largest absolute Gasteiger partial charge is 0.282 e. The minimum absolute atomic E-state index is 0.174. The average molecular weight is 498 g/mol. The molecule has 5 heteroatoms. The van der Waals surface area contributed by atoms with Crippen LogP contribution < -0.4 is 0 Å². The van der Waals surface area contributed by atoms with Crippen molar-refractivity contribution in [1.82, 2.24) is 0 Å². The van der Waals surface area contributed by atoms with Crippen molar-refractivity contribution >= 4 is 33.6 Å². The van der Waals surface area contributed by atoms with Crippen molar-refractivity contribution in [2.45, 2.75) is 27.9 Å². The number of hydrogen-bond donors (Lipinski definition) is 0. The van der Waals surface area contributed by atoms with E-state index in [0.717, 1.165) is 27.2 Å². The Balaban J connectivity index is 1.83. The van der Waals surface area contributed by atoms with Crippen LogP contribution in [-0.4, -0.2) is 14.6 Å². The highest BCUT2D eigenvalue weighted by Crippen LogP contribution is 2.46. The first-order valence-corrected chi connectivity index (χ1v) is 13.5. The van der Waals surface area contributed by atoms with Crippen LogP contribution in [0.25, 0.3) is 5.57 Å². The van der Waals surface area contributed by atoms with Crippen LogP contribution in [0.2, 0.25) is 0 Å². The van der Waals surface area contributed by atoms with Crippen molar-refractivity contribution in [3.8, 4) is 0 Å². The van der Waals surface area contributed by atoms with Gasteiger partial charge >= 0.3 is 0 Å². The molecule has 0 aliphatic heterocycles. The highest BCUT2D eigenvalue weighted by Gasteiger charge is 2.34. The standard InChI is InChI=1S/C30H27NO2S2/c1-24-18-20-29(21-19-24)35(32,33)31-23-30(27-14-8-4-9-15-27,34-28-16-10-5-11-17-28)22-25(2)26-12-6-3-7-13-26/h3-21,23H,2,22H2,1H3/b31-23+. The fourth-order valence-electron chi connectivity index (χ4n) is 3.78. The molecule has 0 radical (unpaired) electrons. The molecule has 0 saturated carbocycles. The van der Waals surface area contributed by atoms with E-state index >= 15 is 0 Å². The quantitative estimate of drug-likeness (QED) is 0.177. The maximum atomic E-state index is 13.2. The average Bonchev–Trinajstić information content (AvgIpc) is 2.89. The molecule has 0 aromatic heterocycles. The van der Waals surface area contributed by atoms with E-state index in [0.29, 0.717) is 6.42 Å². The number of thioether (sulfide) groups is 1. The molecule has 0 saturated heterocycles. The molecule has 176 valence electrons. The van der Waals surface area contributed by atoms with E-state index in [2.05, 4.69) is 11.0 Å². The van der Waals surface area contributed by atoms with Crippen molar-refractivity contribution in [1.29, 1.82) is 0 Å². The number of hydrogen-bond acceptors (Lipinski definition) is 3. The summed E-state index contributed by atoms with van der Waals surface area (Å²) in [6.45, 7) is 6.29. The van der Waals surface area contributed by atoms with Gasteiger partial charge in [-0.15, -0.1) is 11.8 Å². The van der Waals surface area contributed by atoms with Gasteiger partial charge < -0.3 is 0 Å². The lowest BCUT2D eigenvalue weighted by atomic mass is 9.89. The Morgan fingerprint density at radius 3 is 1.97 bits per heavy atom. The van der Waals surface area contributed by atoms with Crippen molar-refractivity contribution in [3.05, 3.63) is 139 Å². The summed E-state index contributed by atoms with van der Waals surface area (Å²) < 4.78 is 29.8. The molecule has 0 N–H and O–H groups in total. The van der Waals surface area contributed by atoms with Crippen molar-refractivity contribution in [3.63, 3.8) is 0 Å². The Morgan fingerprint density at radius 1 is 0.829 bits per heavy atom. The minimum atomic E-state index is -3.88. The first-order valence-electron chi connectivity index (χ1n) is 11.3. The fraction of sp³-hybridized carbons (Fsp3) is 0.100. The number of rotatable bonds is 9. The predicted molar refractivity (Wildman–Crippen MR) is 147 cm³/mol. The van der Waals surface area contributed by atoms with Crippen molar-refractivity contribution < 1.29 is 8.42 Å². The SMILES string of the molecule is C=C(CC(/C=N/S(=O)(=O)c1ccc(C)cc1)(Sc1ccccc1)c1ccccc1)c1ccccc1. The van der Waals surface area contributed by atoms with Crippen LogP contribution in [0.3, 0.4) is 0 Å². The summed E-state index contributed by atoms with van der Waals surface area (Å²) in [6.07, 6.45) is 2.07. The predicted octanol–water partition coefficient (Wildman–Crippen LogP) is 7.55. The zero-order valence-electron chi connectivity index (χ0n) is 19.5. The molecule has 0 amide bonds. The van der Waals surface area contributed by atoms with E-state index in [1.54, 1.807) is 42.2 Å². The van der Waals surface area contributed by atoms with Gasteiger partial charge in [-0.05, 0) is 54.3 Å². The van der Waals surface area contributed by atoms with Crippen LogP contribution >= 0.6 is 11.8 Å². The van der Waals surface area contributed by atoms with Crippen molar-refractivity contribution in [2.75, 3.05) is 0 Å². The fourth-order valence-corrected chi connectivity index (χ4v) is 6.09. The van der Waals surface area contributed by atoms with Gasteiger partial charge in [0.25, 0.3) is 10.0 Å². The highest BCUT2D eigenvalue weighted by molar-refractivity contribution is 8.01. The normalized spacial score (nSPS) is 13.4. The van der Waals surface area contributed by atoms with E-state index in [9.17, 15) is 8.42 Å². The zero-order valence-corrected chi connectivity index (χ0v) is 21.2. The molecule has 4 aromatic rings. The summed E-state index contributed by atoms with van der Waals surface area (Å²) in [4.78, 5) is 1.18. The second-order valence-corrected chi connectivity index (χ2v) is 11.4. The molecular weight excluding hydrogens is 470 g/mol. The van der Waals surface area contributed by atoms with E-state index < -0.39 is 14.8 Å². The Kier molecular flexibility index (Phi) is 7.69. The molecule has 1 atom stereocenters. The van der Waals surface area contributed by atoms with Crippen LogP contribution in [0.5, 0.6) is 0 Å². The second kappa shape index (κ2) is 10.9. The number of allylic oxidation sites excluding steroid dienone is 1. The van der Waals surface area contributed by atoms with Gasteiger partial charge in [-0.2, -0.15) is 12.8 Å². The zero-order chi connectivity index (χ0) is 24.7. The summed E-state index contributed by atoms with van der Waals surface area (Å²) in [6, 6.07) is 36.6. The number of nitrogens with zero attached hydrogens (tertiary/aromatic N) is 1. The smallest absolute Gasteiger partial charge is 0.199 e. The van der Waals surface area contributed by atoms with Crippen molar-refractivity contribution in [2.24, 2.45) is 4.40 Å². The van der Waals surface area contributed by atoms with Crippen LogP contribution in [-0.2, 0) is 14.8 Å². The van der Waals surface area contributed by atoms with Gasteiger partial charge in [-0.1, -0.05) is 103 Å². The molecule has 0 aliphatic rings. The molecule has 35 heavy (non-hydrogen) atoms. The lowest BCUT2D eigenvalue weighted by Gasteiger charge is -2.31. The number of sulfonamides is 1. The maximum absolute atomic E-state index is 13.2. The highest BCUT2D eigenvalue weighted by atomic mass is 32.2. The van der Waals surface area contributed by atoms with Gasteiger partial charge in [0, 0.05) is 11.1 Å². The van der Waals surface area contributed by atoms with E-state index in [-0.39, 0.29) is 4.90 Å². The van der Waals surface area contributed by atoms with Gasteiger partial charge in [0.2, 0.25) is 0 Å². The van der Waals surface area contributed by atoms with Crippen LogP contribution in [0.4, 0.5) is 0 Å².